The molecule has 2 nitrogen and oxygen atoms in total. The Balaban J connectivity index is 1.84. The molecular formula is C25H16ClNOS. The van der Waals surface area contributed by atoms with Crippen molar-refractivity contribution in [1.82, 2.24) is 0 Å². The van der Waals surface area contributed by atoms with Crippen LogP contribution >= 0.6 is 23.4 Å². The van der Waals surface area contributed by atoms with E-state index in [0.29, 0.717) is 5.02 Å². The van der Waals surface area contributed by atoms with E-state index in [1.54, 1.807) is 18.0 Å². The average Bonchev–Trinajstić information content (AvgIpc) is 3.10. The third-order valence-electron chi connectivity index (χ3n) is 5.64. The Kier molecular flexibility index (Phi) is 4.28. The van der Waals surface area contributed by atoms with Crippen LogP contribution in [0.3, 0.4) is 0 Å². The van der Waals surface area contributed by atoms with Crippen molar-refractivity contribution in [2.75, 3.05) is 0 Å². The molecule has 5 rings (SSSR count). The number of nitrogens with zero attached hydrogens (tertiary/aromatic N) is 1. The topological polar surface area (TPSA) is 33.0 Å². The predicted octanol–water partition coefficient (Wildman–Crippen LogP) is 6.69. The zero-order valence-electron chi connectivity index (χ0n) is 15.4. The van der Waals surface area contributed by atoms with Crippen LogP contribution in [0.2, 0.25) is 5.02 Å². The maximum Gasteiger partial charge on any atom is 0.131 e. The first-order valence-corrected chi connectivity index (χ1v) is 10.5. The first kappa shape index (κ1) is 18.1. The van der Waals surface area contributed by atoms with Crippen LogP contribution in [0.15, 0.2) is 96.6 Å². The molecule has 2 aliphatic heterocycles. The van der Waals surface area contributed by atoms with Crippen molar-refractivity contribution in [2.45, 2.75) is 10.2 Å². The molecule has 29 heavy (non-hydrogen) atoms. The van der Waals surface area contributed by atoms with E-state index in [2.05, 4.69) is 29.7 Å². The summed E-state index contributed by atoms with van der Waals surface area (Å²) in [4.78, 5) is 0. The number of ether oxygens (including phenoxy) is 1. The lowest BCUT2D eigenvalue weighted by atomic mass is 9.62. The van der Waals surface area contributed by atoms with Gasteiger partial charge >= 0.3 is 0 Å². The van der Waals surface area contributed by atoms with E-state index < -0.39 is 10.2 Å². The number of hydrogen-bond donors (Lipinski definition) is 0. The number of nitriles is 1. The van der Waals surface area contributed by atoms with Gasteiger partial charge in [-0.15, -0.1) is 11.8 Å². The highest BCUT2D eigenvalue weighted by Crippen LogP contribution is 2.66. The van der Waals surface area contributed by atoms with Gasteiger partial charge < -0.3 is 4.74 Å². The number of allylic oxidation sites excluding steroid dienone is 1. The number of para-hydroxylation sites is 1. The third-order valence-corrected chi connectivity index (χ3v) is 7.28. The molecule has 2 heterocycles. The Morgan fingerprint density at radius 3 is 2.38 bits per heavy atom. The van der Waals surface area contributed by atoms with Crippen LogP contribution in [-0.4, -0.2) is 0 Å². The molecule has 2 atom stereocenters. The fourth-order valence-electron chi connectivity index (χ4n) is 4.31. The molecule has 1 unspecified atom stereocenters. The molecular weight excluding hydrogens is 398 g/mol. The number of hydrogen-bond acceptors (Lipinski definition) is 3. The largest absolute Gasteiger partial charge is 0.465 e. The van der Waals surface area contributed by atoms with Crippen LogP contribution in [0.4, 0.5) is 0 Å². The van der Waals surface area contributed by atoms with Crippen LogP contribution in [0.25, 0.3) is 5.57 Å². The molecule has 140 valence electrons. The monoisotopic (exact) mass is 413 g/mol. The number of halogens is 1. The van der Waals surface area contributed by atoms with Gasteiger partial charge in [-0.1, -0.05) is 72.3 Å². The lowest BCUT2D eigenvalue weighted by Gasteiger charge is -2.43. The van der Waals surface area contributed by atoms with Crippen LogP contribution in [0.1, 0.15) is 16.7 Å². The average molecular weight is 414 g/mol. The molecule has 0 aromatic heterocycles. The normalized spacial score (nSPS) is 24.5. The summed E-state index contributed by atoms with van der Waals surface area (Å²) in [5.41, 5.74) is 2.97. The number of thioether (sulfide) groups is 1. The number of rotatable bonds is 2. The minimum atomic E-state index is -0.944. The Labute approximate surface area is 179 Å². The molecule has 0 amide bonds. The minimum Gasteiger partial charge on any atom is -0.465 e. The molecule has 2 aliphatic rings. The van der Waals surface area contributed by atoms with Crippen molar-refractivity contribution in [1.29, 1.82) is 5.26 Å². The summed E-state index contributed by atoms with van der Waals surface area (Å²) in [6.45, 7) is 0. The SMILES string of the molecule is N#C[C@]1(c2ccc(Cl)cc2)C(c2ccccc2)=CSC12C=COc1ccccc12. The minimum absolute atomic E-state index is 0.643. The smallest absolute Gasteiger partial charge is 0.131 e. The lowest BCUT2D eigenvalue weighted by Crippen LogP contribution is -2.44. The summed E-state index contributed by atoms with van der Waals surface area (Å²) >= 11 is 7.84. The Hall–Kier alpha value is -2.93. The molecule has 0 N–H and O–H groups in total. The first-order chi connectivity index (χ1) is 14.2. The van der Waals surface area contributed by atoms with E-state index in [-0.39, 0.29) is 0 Å². The second-order valence-electron chi connectivity index (χ2n) is 7.04. The fourth-order valence-corrected chi connectivity index (χ4v) is 5.93. The van der Waals surface area contributed by atoms with Gasteiger partial charge in [-0.25, -0.2) is 0 Å². The second-order valence-corrected chi connectivity index (χ2v) is 8.59. The highest BCUT2D eigenvalue weighted by atomic mass is 35.5. The molecule has 3 aromatic rings. The summed E-state index contributed by atoms with van der Waals surface area (Å²) < 4.78 is 5.15. The molecule has 3 aromatic carbocycles. The van der Waals surface area contributed by atoms with Crippen LogP contribution in [0.5, 0.6) is 5.75 Å². The van der Waals surface area contributed by atoms with Crippen molar-refractivity contribution in [2.24, 2.45) is 0 Å². The van der Waals surface area contributed by atoms with Gasteiger partial charge in [-0.05, 0) is 46.4 Å². The number of benzene rings is 3. The van der Waals surface area contributed by atoms with Gasteiger partial charge in [0.2, 0.25) is 0 Å². The summed E-state index contributed by atoms with van der Waals surface area (Å²) in [6.07, 6.45) is 3.73. The van der Waals surface area contributed by atoms with E-state index in [0.717, 1.165) is 28.0 Å². The van der Waals surface area contributed by atoms with Gasteiger partial charge in [-0.3, -0.25) is 0 Å². The molecule has 0 radical (unpaired) electrons. The quantitative estimate of drug-likeness (QED) is 0.469. The summed E-state index contributed by atoms with van der Waals surface area (Å²) in [6, 6.07) is 28.4. The highest BCUT2D eigenvalue weighted by molar-refractivity contribution is 8.03. The van der Waals surface area contributed by atoms with Crippen LogP contribution in [-0.2, 0) is 10.2 Å². The van der Waals surface area contributed by atoms with Gasteiger partial charge in [0.05, 0.1) is 17.1 Å². The molecule has 0 bridgehead atoms. The molecule has 0 aliphatic carbocycles. The second kappa shape index (κ2) is 6.84. The fraction of sp³-hybridized carbons (Fsp3) is 0.0800. The summed E-state index contributed by atoms with van der Waals surface area (Å²) in [7, 11) is 0. The van der Waals surface area contributed by atoms with E-state index in [1.807, 2.05) is 66.7 Å². The van der Waals surface area contributed by atoms with Gasteiger partial charge in [0.1, 0.15) is 11.2 Å². The number of fused-ring (bicyclic) bond motifs is 2. The molecule has 4 heteroatoms. The standard InChI is InChI=1S/C25H16ClNOS/c26-20-12-10-19(11-13-20)24(17-27)22(18-6-2-1-3-7-18)16-29-25(24)14-15-28-23-9-5-4-8-21(23)25/h1-16H/t24-,25?/m0/s1. The first-order valence-electron chi connectivity index (χ1n) is 9.26. The molecule has 0 saturated carbocycles. The van der Waals surface area contributed by atoms with Crippen molar-refractivity contribution in [3.05, 3.63) is 118 Å². The predicted molar refractivity (Wildman–Crippen MR) is 119 cm³/mol. The maximum absolute atomic E-state index is 10.8. The van der Waals surface area contributed by atoms with Crippen molar-refractivity contribution in [3.8, 4) is 11.8 Å². The third kappa shape index (κ3) is 2.50. The van der Waals surface area contributed by atoms with E-state index in [1.165, 1.54) is 0 Å². The Morgan fingerprint density at radius 1 is 0.897 bits per heavy atom. The lowest BCUT2D eigenvalue weighted by molar-refractivity contribution is 0.427. The highest BCUT2D eigenvalue weighted by Gasteiger charge is 2.61. The van der Waals surface area contributed by atoms with Crippen LogP contribution < -0.4 is 4.74 Å². The van der Waals surface area contributed by atoms with Crippen molar-refractivity contribution in [3.63, 3.8) is 0 Å². The van der Waals surface area contributed by atoms with Crippen molar-refractivity contribution < 1.29 is 4.74 Å². The summed E-state index contributed by atoms with van der Waals surface area (Å²) in [5, 5.41) is 13.6. The van der Waals surface area contributed by atoms with E-state index in [9.17, 15) is 5.26 Å². The summed E-state index contributed by atoms with van der Waals surface area (Å²) in [5.74, 6) is 0.777. The van der Waals surface area contributed by atoms with Crippen molar-refractivity contribution >= 4 is 28.9 Å². The Bertz CT molecular complexity index is 1180. The maximum atomic E-state index is 10.8. The van der Waals surface area contributed by atoms with Gasteiger partial charge in [0.25, 0.3) is 0 Å². The molecule has 0 fully saturated rings. The van der Waals surface area contributed by atoms with E-state index >= 15 is 0 Å². The molecule has 0 saturated heterocycles. The van der Waals surface area contributed by atoms with Gasteiger partial charge in [0, 0.05) is 10.6 Å². The zero-order valence-corrected chi connectivity index (χ0v) is 17.0. The van der Waals surface area contributed by atoms with Crippen LogP contribution in [0, 0.1) is 11.3 Å². The van der Waals surface area contributed by atoms with E-state index in [4.69, 9.17) is 16.3 Å². The molecule has 1 spiro atoms. The zero-order chi connectivity index (χ0) is 19.9. The van der Waals surface area contributed by atoms with Gasteiger partial charge in [-0.2, -0.15) is 5.26 Å². The van der Waals surface area contributed by atoms with Gasteiger partial charge in [0.15, 0.2) is 0 Å². The Morgan fingerprint density at radius 2 is 1.62 bits per heavy atom.